The van der Waals surface area contributed by atoms with Crippen molar-refractivity contribution in [1.29, 1.82) is 0 Å². The van der Waals surface area contributed by atoms with Crippen molar-refractivity contribution in [1.82, 2.24) is 24.8 Å². The number of aromatic amines is 2. The van der Waals surface area contributed by atoms with Crippen LogP contribution in [0.2, 0.25) is 0 Å². The lowest BCUT2D eigenvalue weighted by molar-refractivity contribution is 0.0907. The Bertz CT molecular complexity index is 1760. The van der Waals surface area contributed by atoms with Crippen molar-refractivity contribution in [2.75, 3.05) is 54.9 Å². The first-order valence-electron chi connectivity index (χ1n) is 14.4. The Labute approximate surface area is 263 Å². The first-order valence-corrected chi connectivity index (χ1v) is 15.2. The number of imidazole rings is 2. The van der Waals surface area contributed by atoms with E-state index in [2.05, 4.69) is 74.5 Å². The molecule has 0 unspecified atom stereocenters. The average molecular weight is 658 g/mol. The summed E-state index contributed by atoms with van der Waals surface area (Å²) in [6.45, 7) is 7.87. The molecule has 1 saturated heterocycles. The lowest BCUT2D eigenvalue weighted by Crippen LogP contribution is -2.47. The zero-order chi connectivity index (χ0) is 30.5. The van der Waals surface area contributed by atoms with E-state index in [9.17, 15) is 9.59 Å². The predicted octanol–water partition coefficient (Wildman–Crippen LogP) is 5.20. The molecule has 44 heavy (non-hydrogen) atoms. The molecule has 0 radical (unpaired) electrons. The first kappa shape index (κ1) is 29.5. The van der Waals surface area contributed by atoms with E-state index in [0.29, 0.717) is 18.9 Å². The average Bonchev–Trinajstić information content (AvgIpc) is 3.69. The van der Waals surface area contributed by atoms with Gasteiger partial charge in [-0.15, -0.1) is 0 Å². The second-order valence-electron chi connectivity index (χ2n) is 10.6. The molecule has 2 amide bonds. The molecule has 1 aliphatic rings. The van der Waals surface area contributed by atoms with Gasteiger partial charge in [-0.3, -0.25) is 19.8 Å². The van der Waals surface area contributed by atoms with Crippen molar-refractivity contribution in [2.45, 2.75) is 13.5 Å². The second-order valence-corrected chi connectivity index (χ2v) is 11.6. The summed E-state index contributed by atoms with van der Waals surface area (Å²) < 4.78 is 6.69. The number of H-pyrrole nitrogens is 2. The number of ether oxygens (including phenoxy) is 1. The van der Waals surface area contributed by atoms with Crippen LogP contribution in [0, 0.1) is 6.92 Å². The number of amides is 2. The highest BCUT2D eigenvalue weighted by Crippen LogP contribution is 2.24. The lowest BCUT2D eigenvalue weighted by Gasteiger charge is -2.36. The van der Waals surface area contributed by atoms with Crippen molar-refractivity contribution in [3.63, 3.8) is 0 Å². The van der Waals surface area contributed by atoms with E-state index in [4.69, 9.17) is 4.74 Å². The molecule has 1 fully saturated rings. The molecular formula is C32H33BrN8O3. The molecule has 4 N–H and O–H groups in total. The number of carbonyl (C=O) groups is 2. The first-order chi connectivity index (χ1) is 21.4. The number of halogens is 1. The standard InChI is InChI=1S/C32H33BrN8O3/c1-21-7-8-23(33)17-26(21)36-30(42)28-29(35-20-34-28)31(43)39-32-37-25-10-9-24(18-27(25)38-32)41-13-11-40(12-14-41)15-16-44-19-22-5-3-2-4-6-22/h2-10,17-18,20H,11-16,19H2,1H3,(H,34,35)(H,36,42)(H2,37,38,39,43). The third kappa shape index (κ3) is 6.99. The Kier molecular flexibility index (Phi) is 9.01. The molecule has 6 rings (SSSR count). The van der Waals surface area contributed by atoms with Crippen LogP contribution in [0.5, 0.6) is 0 Å². The molecule has 11 nitrogen and oxygen atoms in total. The van der Waals surface area contributed by atoms with E-state index >= 15 is 0 Å². The quantitative estimate of drug-likeness (QED) is 0.152. The number of piperazine rings is 1. The number of carbonyl (C=O) groups excluding carboxylic acids is 2. The maximum atomic E-state index is 13.1. The van der Waals surface area contributed by atoms with Crippen molar-refractivity contribution < 1.29 is 14.3 Å². The molecule has 2 aromatic heterocycles. The summed E-state index contributed by atoms with van der Waals surface area (Å²) in [4.78, 5) is 45.4. The number of rotatable bonds is 10. The molecule has 0 spiro atoms. The maximum absolute atomic E-state index is 13.1. The highest BCUT2D eigenvalue weighted by atomic mass is 79.9. The van der Waals surface area contributed by atoms with Crippen molar-refractivity contribution >= 4 is 56.1 Å². The van der Waals surface area contributed by atoms with Crippen LogP contribution >= 0.6 is 15.9 Å². The molecule has 0 saturated carbocycles. The summed E-state index contributed by atoms with van der Waals surface area (Å²) in [5.74, 6) is -0.736. The Morgan fingerprint density at radius 1 is 0.977 bits per heavy atom. The fraction of sp³-hybridized carbons (Fsp3) is 0.250. The summed E-state index contributed by atoms with van der Waals surface area (Å²) in [5.41, 5.74) is 5.36. The van der Waals surface area contributed by atoms with Crippen molar-refractivity contribution in [3.05, 3.63) is 100 Å². The smallest absolute Gasteiger partial charge is 0.276 e. The Morgan fingerprint density at radius 3 is 2.61 bits per heavy atom. The molecule has 3 aromatic carbocycles. The third-order valence-corrected chi connectivity index (χ3v) is 8.12. The van der Waals surface area contributed by atoms with Crippen molar-refractivity contribution in [3.8, 4) is 0 Å². The molecule has 12 heteroatoms. The Balaban J connectivity index is 1.03. The fourth-order valence-electron chi connectivity index (χ4n) is 5.16. The molecule has 5 aromatic rings. The molecule has 1 aliphatic heterocycles. The van der Waals surface area contributed by atoms with Gasteiger partial charge in [-0.2, -0.15) is 0 Å². The number of benzene rings is 3. The highest BCUT2D eigenvalue weighted by Gasteiger charge is 2.23. The number of hydrogen-bond acceptors (Lipinski definition) is 7. The number of nitrogens with one attached hydrogen (secondary N) is 4. The van der Waals surface area contributed by atoms with Gasteiger partial charge in [0.1, 0.15) is 5.69 Å². The van der Waals surface area contributed by atoms with E-state index < -0.39 is 11.8 Å². The van der Waals surface area contributed by atoms with Crippen molar-refractivity contribution in [2.24, 2.45) is 0 Å². The maximum Gasteiger partial charge on any atom is 0.276 e. The van der Waals surface area contributed by atoms with Crippen LogP contribution in [-0.2, 0) is 11.3 Å². The van der Waals surface area contributed by atoms with Crippen LogP contribution in [-0.4, -0.2) is 76.0 Å². The molecule has 226 valence electrons. The fourth-order valence-corrected chi connectivity index (χ4v) is 5.52. The van der Waals surface area contributed by atoms with Gasteiger partial charge in [0.05, 0.1) is 30.6 Å². The van der Waals surface area contributed by atoms with Gasteiger partial charge in [0.25, 0.3) is 11.8 Å². The molecular weight excluding hydrogens is 624 g/mol. The summed E-state index contributed by atoms with van der Waals surface area (Å²) >= 11 is 3.41. The number of anilines is 3. The van der Waals surface area contributed by atoms with Crippen LogP contribution < -0.4 is 15.5 Å². The van der Waals surface area contributed by atoms with Crippen LogP contribution in [0.25, 0.3) is 11.0 Å². The highest BCUT2D eigenvalue weighted by molar-refractivity contribution is 9.10. The van der Waals surface area contributed by atoms with Crippen LogP contribution in [0.1, 0.15) is 32.1 Å². The minimum atomic E-state index is -0.526. The molecule has 3 heterocycles. The van der Waals surface area contributed by atoms with Crippen LogP contribution in [0.3, 0.4) is 0 Å². The topological polar surface area (TPSA) is 131 Å². The minimum Gasteiger partial charge on any atom is -0.375 e. The van der Waals surface area contributed by atoms with Gasteiger partial charge in [-0.05, 0) is 48.4 Å². The Hall–Kier alpha value is -4.52. The summed E-state index contributed by atoms with van der Waals surface area (Å²) in [6.07, 6.45) is 1.32. The van der Waals surface area contributed by atoms with Gasteiger partial charge in [0.15, 0.2) is 5.69 Å². The number of aromatic nitrogens is 4. The summed E-state index contributed by atoms with van der Waals surface area (Å²) in [7, 11) is 0. The zero-order valence-corrected chi connectivity index (χ0v) is 25.9. The monoisotopic (exact) mass is 656 g/mol. The zero-order valence-electron chi connectivity index (χ0n) is 24.3. The van der Waals surface area contributed by atoms with Gasteiger partial charge in [-0.1, -0.05) is 52.3 Å². The van der Waals surface area contributed by atoms with E-state index in [1.807, 2.05) is 49.4 Å². The Morgan fingerprint density at radius 2 is 1.80 bits per heavy atom. The van der Waals surface area contributed by atoms with Gasteiger partial charge >= 0.3 is 0 Å². The van der Waals surface area contributed by atoms with Gasteiger partial charge in [0.2, 0.25) is 5.95 Å². The number of nitrogens with zero attached hydrogens (tertiary/aromatic N) is 4. The lowest BCUT2D eigenvalue weighted by atomic mass is 10.2. The number of hydrogen-bond donors (Lipinski definition) is 4. The third-order valence-electron chi connectivity index (χ3n) is 7.63. The molecule has 0 bridgehead atoms. The summed E-state index contributed by atoms with van der Waals surface area (Å²) in [5, 5.41) is 5.58. The van der Waals surface area contributed by atoms with Gasteiger partial charge < -0.3 is 24.9 Å². The van der Waals surface area contributed by atoms with Gasteiger partial charge in [0, 0.05) is 48.6 Å². The normalized spacial score (nSPS) is 13.7. The van der Waals surface area contributed by atoms with Gasteiger partial charge in [-0.25, -0.2) is 9.97 Å². The largest absolute Gasteiger partial charge is 0.375 e. The van der Waals surface area contributed by atoms with Crippen LogP contribution in [0.15, 0.2) is 77.5 Å². The summed E-state index contributed by atoms with van der Waals surface area (Å²) in [6, 6.07) is 21.8. The second kappa shape index (κ2) is 13.4. The van der Waals surface area contributed by atoms with E-state index in [1.165, 1.54) is 11.9 Å². The molecule has 0 atom stereocenters. The van der Waals surface area contributed by atoms with E-state index in [-0.39, 0.29) is 17.3 Å². The van der Waals surface area contributed by atoms with Crippen LogP contribution in [0.4, 0.5) is 17.3 Å². The SMILES string of the molecule is Cc1ccc(Br)cc1NC(=O)c1nc[nH]c1C(=O)Nc1nc2ccc(N3CCN(CCOCc4ccccc4)CC3)cc2[nH]1. The predicted molar refractivity (Wildman–Crippen MR) is 174 cm³/mol. The van der Waals surface area contributed by atoms with E-state index in [0.717, 1.165) is 59.5 Å². The van der Waals surface area contributed by atoms with E-state index in [1.54, 1.807) is 6.07 Å². The minimum absolute atomic E-state index is 0.0119. The molecule has 0 aliphatic carbocycles. The number of fused-ring (bicyclic) bond motifs is 1. The number of aryl methyl sites for hydroxylation is 1.